The van der Waals surface area contributed by atoms with Crippen LogP contribution in [-0.4, -0.2) is 14.8 Å². The van der Waals surface area contributed by atoms with E-state index in [0.29, 0.717) is 6.04 Å². The van der Waals surface area contributed by atoms with Crippen molar-refractivity contribution in [3.05, 3.63) is 22.0 Å². The fourth-order valence-corrected chi connectivity index (χ4v) is 2.22. The van der Waals surface area contributed by atoms with E-state index in [1.54, 1.807) is 0 Å². The molecule has 2 heterocycles. The lowest BCUT2D eigenvalue weighted by molar-refractivity contribution is 0.664. The fourth-order valence-electron chi connectivity index (χ4n) is 1.54. The van der Waals surface area contributed by atoms with Gasteiger partial charge in [0, 0.05) is 9.77 Å². The van der Waals surface area contributed by atoms with Gasteiger partial charge in [0.1, 0.15) is 11.0 Å². The van der Waals surface area contributed by atoms with Crippen molar-refractivity contribution in [2.75, 3.05) is 0 Å². The van der Waals surface area contributed by atoms with E-state index < -0.39 is 0 Å². The lowest BCUT2D eigenvalue weighted by Gasteiger charge is -2.00. The van der Waals surface area contributed by atoms with Crippen LogP contribution in [0.25, 0.3) is 11.0 Å². The highest BCUT2D eigenvalue weighted by Gasteiger charge is 2.26. The molecule has 2 aromatic rings. The Hall–Kier alpha value is -0.650. The van der Waals surface area contributed by atoms with Gasteiger partial charge >= 0.3 is 0 Å². The summed E-state index contributed by atoms with van der Waals surface area (Å²) < 4.78 is 3.36. The number of nitrogens with zero attached hydrogens (tertiary/aromatic N) is 3. The summed E-state index contributed by atoms with van der Waals surface area (Å²) in [6.45, 7) is 0. The normalized spacial score (nSPS) is 16.7. The van der Waals surface area contributed by atoms with Crippen molar-refractivity contribution in [2.24, 2.45) is 0 Å². The molecule has 0 amide bonds. The second kappa shape index (κ2) is 2.67. The Kier molecular flexibility index (Phi) is 1.59. The quantitative estimate of drug-likeness (QED) is 0.753. The minimum atomic E-state index is 0.634. The highest BCUT2D eigenvalue weighted by atomic mass is 127. The summed E-state index contributed by atoms with van der Waals surface area (Å²) in [4.78, 5) is 4.28. The Morgan fingerprint density at radius 3 is 3.08 bits per heavy atom. The molecule has 3 rings (SSSR count). The highest BCUT2D eigenvalue weighted by Crippen LogP contribution is 2.37. The molecule has 0 N–H and O–H groups in total. The predicted molar refractivity (Wildman–Crippen MR) is 58.5 cm³/mol. The molecule has 0 aromatic carbocycles. The van der Waals surface area contributed by atoms with Crippen LogP contribution < -0.4 is 0 Å². The molecule has 1 saturated carbocycles. The van der Waals surface area contributed by atoms with Crippen LogP contribution in [0.5, 0.6) is 0 Å². The van der Waals surface area contributed by atoms with Gasteiger partial charge in [0.05, 0.1) is 12.2 Å². The Morgan fingerprint density at radius 1 is 1.46 bits per heavy atom. The van der Waals surface area contributed by atoms with Crippen LogP contribution in [0.3, 0.4) is 0 Å². The number of hydrogen-bond donors (Lipinski definition) is 0. The Labute approximate surface area is 89.3 Å². The van der Waals surface area contributed by atoms with E-state index in [4.69, 9.17) is 0 Å². The molecule has 0 unspecified atom stereocenters. The molecule has 13 heavy (non-hydrogen) atoms. The third-order valence-corrected chi connectivity index (χ3v) is 3.20. The average Bonchev–Trinajstić information content (AvgIpc) is 2.87. The van der Waals surface area contributed by atoms with Crippen molar-refractivity contribution < 1.29 is 0 Å². The predicted octanol–water partition coefficient (Wildman–Crippen LogP) is 2.37. The lowest BCUT2D eigenvalue weighted by Crippen LogP contribution is -1.96. The molecular weight excluding hydrogens is 277 g/mol. The van der Waals surface area contributed by atoms with Gasteiger partial charge in [-0.15, -0.1) is 0 Å². The van der Waals surface area contributed by atoms with Crippen molar-refractivity contribution >= 4 is 33.6 Å². The molecule has 4 heteroatoms. The first-order valence-electron chi connectivity index (χ1n) is 4.34. The van der Waals surface area contributed by atoms with Crippen LogP contribution in [0.15, 0.2) is 18.5 Å². The first-order chi connectivity index (χ1) is 6.36. The van der Waals surface area contributed by atoms with Gasteiger partial charge in [-0.1, -0.05) is 0 Å². The molecule has 2 aromatic heterocycles. The highest BCUT2D eigenvalue weighted by molar-refractivity contribution is 14.1. The topological polar surface area (TPSA) is 30.7 Å². The van der Waals surface area contributed by atoms with E-state index >= 15 is 0 Å². The number of aromatic nitrogens is 3. The molecule has 0 saturated heterocycles. The van der Waals surface area contributed by atoms with Crippen LogP contribution >= 0.6 is 22.6 Å². The fraction of sp³-hybridized carbons (Fsp3) is 0.333. The third kappa shape index (κ3) is 1.15. The average molecular weight is 285 g/mol. The van der Waals surface area contributed by atoms with Gasteiger partial charge in [0.15, 0.2) is 0 Å². The minimum absolute atomic E-state index is 0.634. The number of fused-ring (bicyclic) bond motifs is 1. The van der Waals surface area contributed by atoms with Crippen LogP contribution in [0, 0.1) is 3.57 Å². The van der Waals surface area contributed by atoms with Crippen molar-refractivity contribution in [2.45, 2.75) is 18.9 Å². The van der Waals surface area contributed by atoms with Crippen LogP contribution in [0.4, 0.5) is 0 Å². The second-order valence-corrected chi connectivity index (χ2v) is 4.51. The molecule has 0 spiro atoms. The molecule has 66 valence electrons. The summed E-state index contributed by atoms with van der Waals surface area (Å²) in [5, 5.41) is 4.37. The van der Waals surface area contributed by atoms with Gasteiger partial charge in [0.2, 0.25) is 0 Å². The van der Waals surface area contributed by atoms with E-state index in [0.717, 1.165) is 5.52 Å². The van der Waals surface area contributed by atoms with Gasteiger partial charge in [-0.25, -0.2) is 0 Å². The largest absolute Gasteiger partial charge is 0.259 e. The van der Waals surface area contributed by atoms with E-state index in [-0.39, 0.29) is 0 Å². The lowest BCUT2D eigenvalue weighted by atomic mass is 10.4. The summed E-state index contributed by atoms with van der Waals surface area (Å²) in [7, 11) is 0. The molecule has 1 aliphatic rings. The molecule has 0 bridgehead atoms. The Balaban J connectivity index is 2.34. The molecule has 1 fully saturated rings. The van der Waals surface area contributed by atoms with E-state index in [1.807, 2.05) is 18.5 Å². The maximum atomic E-state index is 4.37. The van der Waals surface area contributed by atoms with Crippen molar-refractivity contribution in [1.82, 2.24) is 14.8 Å². The smallest absolute Gasteiger partial charge is 0.109 e. The van der Waals surface area contributed by atoms with Crippen LogP contribution in [-0.2, 0) is 0 Å². The van der Waals surface area contributed by atoms with Crippen LogP contribution in [0.1, 0.15) is 18.9 Å². The monoisotopic (exact) mass is 285 g/mol. The minimum Gasteiger partial charge on any atom is -0.259 e. The van der Waals surface area contributed by atoms with Gasteiger partial charge in [-0.3, -0.25) is 9.67 Å². The Bertz CT molecular complexity index is 459. The third-order valence-electron chi connectivity index (χ3n) is 2.33. The van der Waals surface area contributed by atoms with E-state index in [2.05, 4.69) is 37.4 Å². The molecule has 0 aliphatic heterocycles. The Morgan fingerprint density at radius 2 is 2.31 bits per heavy atom. The summed E-state index contributed by atoms with van der Waals surface area (Å²) >= 11 is 2.34. The first-order valence-corrected chi connectivity index (χ1v) is 5.42. The first kappa shape index (κ1) is 7.73. The number of rotatable bonds is 1. The maximum absolute atomic E-state index is 4.37. The van der Waals surface area contributed by atoms with E-state index in [9.17, 15) is 0 Å². The summed E-state index contributed by atoms with van der Waals surface area (Å²) in [6.07, 6.45) is 6.22. The molecule has 0 radical (unpaired) electrons. The molecule has 1 aliphatic carbocycles. The van der Waals surface area contributed by atoms with Crippen molar-refractivity contribution in [3.8, 4) is 0 Å². The van der Waals surface area contributed by atoms with E-state index in [1.165, 1.54) is 21.9 Å². The van der Waals surface area contributed by atoms with Gasteiger partial charge in [-0.05, 0) is 41.5 Å². The molecule has 0 atom stereocenters. The molecular formula is C9H8IN3. The standard InChI is InChI=1S/C9H8IN3/c10-7-3-4-11-8-5-12-13(9(7)8)6-1-2-6/h3-6H,1-2H2. The zero-order valence-corrected chi connectivity index (χ0v) is 9.10. The number of halogens is 1. The number of hydrogen-bond acceptors (Lipinski definition) is 2. The summed E-state index contributed by atoms with van der Waals surface area (Å²) in [6, 6.07) is 2.67. The van der Waals surface area contributed by atoms with Crippen LogP contribution in [0.2, 0.25) is 0 Å². The summed E-state index contributed by atoms with van der Waals surface area (Å²) in [5.74, 6) is 0. The van der Waals surface area contributed by atoms with Crippen molar-refractivity contribution in [1.29, 1.82) is 0 Å². The maximum Gasteiger partial charge on any atom is 0.109 e. The number of pyridine rings is 1. The van der Waals surface area contributed by atoms with Crippen molar-refractivity contribution in [3.63, 3.8) is 0 Å². The second-order valence-electron chi connectivity index (χ2n) is 3.35. The zero-order chi connectivity index (χ0) is 8.84. The molecule has 3 nitrogen and oxygen atoms in total. The summed E-state index contributed by atoms with van der Waals surface area (Å²) in [5.41, 5.74) is 2.21. The van der Waals surface area contributed by atoms with Gasteiger partial charge < -0.3 is 0 Å². The zero-order valence-electron chi connectivity index (χ0n) is 6.94. The SMILES string of the molecule is Ic1ccnc2cnn(C3CC3)c12. The van der Waals surface area contributed by atoms with Gasteiger partial charge in [-0.2, -0.15) is 5.10 Å². The van der Waals surface area contributed by atoms with Gasteiger partial charge in [0.25, 0.3) is 0 Å².